The predicted octanol–water partition coefficient (Wildman–Crippen LogP) is 3.35. The van der Waals surface area contributed by atoms with Gasteiger partial charge in [-0.2, -0.15) is 0 Å². The fraction of sp³-hybridized carbons (Fsp3) is 0.350. The lowest BCUT2D eigenvalue weighted by atomic mass is 10.1. The zero-order valence-electron chi connectivity index (χ0n) is 16.4. The van der Waals surface area contributed by atoms with Gasteiger partial charge < -0.3 is 24.8 Å². The Bertz CT molecular complexity index is 953. The summed E-state index contributed by atoms with van der Waals surface area (Å²) in [6.45, 7) is 4.34. The predicted molar refractivity (Wildman–Crippen MR) is 108 cm³/mol. The SMILES string of the molecule is CCCCNC(=O)c1sc(NC(=O)c2ccc3c(c2)OCO3)c(C(=O)OC)c1C. The minimum absolute atomic E-state index is 0.105. The Morgan fingerprint density at radius 1 is 1.17 bits per heavy atom. The van der Waals surface area contributed by atoms with E-state index >= 15 is 0 Å². The summed E-state index contributed by atoms with van der Waals surface area (Å²) < 4.78 is 15.4. The number of fused-ring (bicyclic) bond motifs is 1. The van der Waals surface area contributed by atoms with Gasteiger partial charge in [0.05, 0.1) is 17.6 Å². The Kier molecular flexibility index (Phi) is 6.38. The number of methoxy groups -OCH3 is 1. The Morgan fingerprint density at radius 3 is 2.66 bits per heavy atom. The fourth-order valence-electron chi connectivity index (χ4n) is 2.84. The van der Waals surface area contributed by atoms with Crippen molar-refractivity contribution in [2.75, 3.05) is 25.8 Å². The number of esters is 1. The summed E-state index contributed by atoms with van der Waals surface area (Å²) in [4.78, 5) is 37.9. The maximum atomic E-state index is 12.7. The molecule has 0 aliphatic carbocycles. The van der Waals surface area contributed by atoms with E-state index in [0.717, 1.165) is 24.2 Å². The van der Waals surface area contributed by atoms with Gasteiger partial charge in [-0.15, -0.1) is 11.3 Å². The molecule has 1 aromatic heterocycles. The number of amides is 2. The maximum absolute atomic E-state index is 12.7. The summed E-state index contributed by atoms with van der Waals surface area (Å²) in [7, 11) is 1.25. The minimum atomic E-state index is -0.618. The van der Waals surface area contributed by atoms with Gasteiger partial charge in [0.25, 0.3) is 11.8 Å². The zero-order valence-corrected chi connectivity index (χ0v) is 17.2. The molecule has 0 radical (unpaired) electrons. The van der Waals surface area contributed by atoms with Gasteiger partial charge in [0.15, 0.2) is 11.5 Å². The van der Waals surface area contributed by atoms with Crippen molar-refractivity contribution in [3.05, 3.63) is 39.8 Å². The lowest BCUT2D eigenvalue weighted by Gasteiger charge is -2.07. The van der Waals surface area contributed by atoms with Crippen LogP contribution >= 0.6 is 11.3 Å². The van der Waals surface area contributed by atoms with Crippen LogP contribution in [0.2, 0.25) is 0 Å². The summed E-state index contributed by atoms with van der Waals surface area (Å²) in [6.07, 6.45) is 1.81. The van der Waals surface area contributed by atoms with Crippen molar-refractivity contribution in [2.45, 2.75) is 26.7 Å². The Balaban J connectivity index is 1.87. The largest absolute Gasteiger partial charge is 0.465 e. The van der Waals surface area contributed by atoms with Crippen LogP contribution in [0.4, 0.5) is 5.00 Å². The first-order valence-corrected chi connectivity index (χ1v) is 9.98. The highest BCUT2D eigenvalue weighted by atomic mass is 32.1. The summed E-state index contributed by atoms with van der Waals surface area (Å²) in [5.74, 6) is -0.298. The zero-order chi connectivity index (χ0) is 21.0. The van der Waals surface area contributed by atoms with Gasteiger partial charge in [0.2, 0.25) is 6.79 Å². The molecule has 8 nitrogen and oxygen atoms in total. The molecule has 1 aliphatic heterocycles. The Morgan fingerprint density at radius 2 is 1.93 bits per heavy atom. The first-order chi connectivity index (χ1) is 14.0. The highest BCUT2D eigenvalue weighted by Gasteiger charge is 2.27. The smallest absolute Gasteiger partial charge is 0.341 e. The summed E-state index contributed by atoms with van der Waals surface area (Å²) in [6, 6.07) is 4.80. The number of ether oxygens (including phenoxy) is 3. The minimum Gasteiger partial charge on any atom is -0.465 e. The molecule has 29 heavy (non-hydrogen) atoms. The van der Waals surface area contributed by atoms with E-state index in [1.165, 1.54) is 7.11 Å². The maximum Gasteiger partial charge on any atom is 0.341 e. The molecule has 0 spiro atoms. The van der Waals surface area contributed by atoms with Crippen molar-refractivity contribution < 1.29 is 28.6 Å². The normalized spacial score (nSPS) is 11.8. The average molecular weight is 418 g/mol. The molecular formula is C20H22N2O6S. The number of hydrogen-bond donors (Lipinski definition) is 2. The van der Waals surface area contributed by atoms with Crippen LogP contribution in [0.15, 0.2) is 18.2 Å². The number of hydrogen-bond acceptors (Lipinski definition) is 7. The van der Waals surface area contributed by atoms with Crippen LogP contribution in [0, 0.1) is 6.92 Å². The van der Waals surface area contributed by atoms with Crippen molar-refractivity contribution in [3.8, 4) is 11.5 Å². The van der Waals surface area contributed by atoms with E-state index in [0.29, 0.717) is 34.0 Å². The average Bonchev–Trinajstić information content (AvgIpc) is 3.31. The van der Waals surface area contributed by atoms with E-state index in [2.05, 4.69) is 10.6 Å². The first kappa shape index (κ1) is 20.7. The number of carbonyl (C=O) groups excluding carboxylic acids is 3. The van der Waals surface area contributed by atoms with Gasteiger partial charge in [-0.3, -0.25) is 9.59 Å². The van der Waals surface area contributed by atoms with Crippen molar-refractivity contribution in [2.24, 2.45) is 0 Å². The molecule has 0 atom stereocenters. The van der Waals surface area contributed by atoms with Crippen LogP contribution < -0.4 is 20.1 Å². The molecule has 1 aromatic carbocycles. The molecule has 1 aliphatic rings. The molecule has 0 saturated heterocycles. The quantitative estimate of drug-likeness (QED) is 0.528. The third-order valence-corrected chi connectivity index (χ3v) is 5.63. The second-order valence-corrected chi connectivity index (χ2v) is 7.40. The summed E-state index contributed by atoms with van der Waals surface area (Å²) in [5, 5.41) is 5.81. The van der Waals surface area contributed by atoms with Crippen molar-refractivity contribution in [3.63, 3.8) is 0 Å². The molecular weight excluding hydrogens is 396 g/mol. The van der Waals surface area contributed by atoms with Crippen LogP contribution in [-0.2, 0) is 4.74 Å². The molecule has 0 bridgehead atoms. The standard InChI is InChI=1S/C20H22N2O6S/c1-4-5-8-21-18(24)16-11(2)15(20(25)26-3)19(29-16)22-17(23)12-6-7-13-14(9-12)28-10-27-13/h6-7,9H,4-5,8,10H2,1-3H3,(H,21,24)(H,22,23). The van der Waals surface area contributed by atoms with Gasteiger partial charge in [-0.05, 0) is 37.1 Å². The van der Waals surface area contributed by atoms with Crippen LogP contribution in [0.1, 0.15) is 55.7 Å². The monoisotopic (exact) mass is 418 g/mol. The molecule has 2 amide bonds. The fourth-order valence-corrected chi connectivity index (χ4v) is 3.94. The second-order valence-electron chi connectivity index (χ2n) is 6.38. The van der Waals surface area contributed by atoms with Crippen LogP contribution in [0.5, 0.6) is 11.5 Å². The number of nitrogens with one attached hydrogen (secondary N) is 2. The highest BCUT2D eigenvalue weighted by Crippen LogP contribution is 2.35. The van der Waals surface area contributed by atoms with Crippen LogP contribution in [-0.4, -0.2) is 38.2 Å². The lowest BCUT2D eigenvalue weighted by Crippen LogP contribution is -2.24. The van der Waals surface area contributed by atoms with Crippen molar-refractivity contribution in [1.29, 1.82) is 0 Å². The number of anilines is 1. The Labute approximate surface area is 172 Å². The number of benzene rings is 1. The van der Waals surface area contributed by atoms with E-state index in [-0.39, 0.29) is 23.3 Å². The summed E-state index contributed by atoms with van der Waals surface area (Å²) in [5.41, 5.74) is 0.981. The van der Waals surface area contributed by atoms with Gasteiger partial charge in [0.1, 0.15) is 5.00 Å². The number of carbonyl (C=O) groups is 3. The topological polar surface area (TPSA) is 103 Å². The molecule has 2 aromatic rings. The number of thiophene rings is 1. The molecule has 3 rings (SSSR count). The van der Waals surface area contributed by atoms with Crippen molar-refractivity contribution >= 4 is 34.1 Å². The number of rotatable bonds is 7. The van der Waals surface area contributed by atoms with Gasteiger partial charge in [-0.1, -0.05) is 13.3 Å². The van der Waals surface area contributed by atoms with Crippen LogP contribution in [0.25, 0.3) is 0 Å². The van der Waals surface area contributed by atoms with Crippen LogP contribution in [0.3, 0.4) is 0 Å². The number of unbranched alkanes of at least 4 members (excludes halogenated alkanes) is 1. The van der Waals surface area contributed by atoms with E-state index in [4.69, 9.17) is 14.2 Å². The lowest BCUT2D eigenvalue weighted by molar-refractivity contribution is 0.0601. The molecule has 0 unspecified atom stereocenters. The van der Waals surface area contributed by atoms with Gasteiger partial charge >= 0.3 is 5.97 Å². The van der Waals surface area contributed by atoms with E-state index in [1.54, 1.807) is 25.1 Å². The molecule has 0 fully saturated rings. The van der Waals surface area contributed by atoms with E-state index in [1.807, 2.05) is 6.92 Å². The molecule has 9 heteroatoms. The van der Waals surface area contributed by atoms with E-state index < -0.39 is 11.9 Å². The van der Waals surface area contributed by atoms with Gasteiger partial charge in [0, 0.05) is 12.1 Å². The summed E-state index contributed by atoms with van der Waals surface area (Å²) >= 11 is 1.04. The second kappa shape index (κ2) is 8.95. The molecule has 154 valence electrons. The highest BCUT2D eigenvalue weighted by molar-refractivity contribution is 7.18. The third-order valence-electron chi connectivity index (χ3n) is 4.42. The third kappa shape index (κ3) is 4.34. The molecule has 0 saturated carbocycles. The van der Waals surface area contributed by atoms with E-state index in [9.17, 15) is 14.4 Å². The Hall–Kier alpha value is -3.07. The molecule has 2 N–H and O–H groups in total. The van der Waals surface area contributed by atoms with Crippen molar-refractivity contribution in [1.82, 2.24) is 5.32 Å². The van der Waals surface area contributed by atoms with Gasteiger partial charge in [-0.25, -0.2) is 4.79 Å². The first-order valence-electron chi connectivity index (χ1n) is 9.17. The molecule has 2 heterocycles.